The maximum absolute atomic E-state index is 8.99. The van der Waals surface area contributed by atoms with Crippen molar-refractivity contribution in [2.75, 3.05) is 24.3 Å². The number of benzene rings is 1. The highest BCUT2D eigenvalue weighted by molar-refractivity contribution is 8.14. The minimum absolute atomic E-state index is 0.0615. The molecule has 1 N–H and O–H groups in total. The van der Waals surface area contributed by atoms with Crippen LogP contribution in [0, 0.1) is 18.3 Å². The van der Waals surface area contributed by atoms with Crippen molar-refractivity contribution in [1.29, 1.82) is 5.26 Å². The molecule has 0 saturated carbocycles. The van der Waals surface area contributed by atoms with Crippen LogP contribution in [0.4, 0.5) is 5.69 Å². The topological polar surface area (TPSA) is 57.4 Å². The summed E-state index contributed by atoms with van der Waals surface area (Å²) in [5.74, 6) is 1.02. The number of hydrogen-bond donors (Lipinski definition) is 1. The van der Waals surface area contributed by atoms with Crippen LogP contribution in [0.5, 0.6) is 0 Å². The molecule has 2 heterocycles. The van der Waals surface area contributed by atoms with E-state index in [1.807, 2.05) is 25.1 Å². The maximum atomic E-state index is 8.99. The Labute approximate surface area is 123 Å². The van der Waals surface area contributed by atoms with E-state index >= 15 is 0 Å². The normalized spacial score (nSPS) is 20.5. The SMILES string of the molecule is Cc1ccc(C#N)cc1NC1=NC2(CCOCC2)CS1. The highest BCUT2D eigenvalue weighted by atomic mass is 32.2. The van der Waals surface area contributed by atoms with Crippen LogP contribution in [0.25, 0.3) is 0 Å². The van der Waals surface area contributed by atoms with Gasteiger partial charge in [0, 0.05) is 24.7 Å². The van der Waals surface area contributed by atoms with Crippen LogP contribution in [0.2, 0.25) is 0 Å². The number of nitrogens with one attached hydrogen (secondary N) is 1. The Hall–Kier alpha value is -1.51. The first-order chi connectivity index (χ1) is 9.71. The number of aryl methyl sites for hydroxylation is 1. The third-order valence-electron chi connectivity index (χ3n) is 3.85. The smallest absolute Gasteiger partial charge is 0.161 e. The predicted octanol–water partition coefficient (Wildman–Crippen LogP) is 2.93. The maximum Gasteiger partial charge on any atom is 0.161 e. The number of hydrogen-bond acceptors (Lipinski definition) is 5. The molecule has 0 atom stereocenters. The minimum atomic E-state index is 0.0615. The standard InChI is InChI=1S/C15H17N3OS/c1-11-2-3-12(9-16)8-13(11)17-14-18-15(10-20-14)4-6-19-7-5-15/h2-3,8H,4-7,10H2,1H3,(H,17,18). The quantitative estimate of drug-likeness (QED) is 0.863. The third kappa shape index (κ3) is 2.67. The Kier molecular flexibility index (Phi) is 3.68. The van der Waals surface area contributed by atoms with Gasteiger partial charge in [-0.2, -0.15) is 5.26 Å². The molecule has 0 radical (unpaired) electrons. The monoisotopic (exact) mass is 287 g/mol. The number of thioether (sulfide) groups is 1. The van der Waals surface area contributed by atoms with Gasteiger partial charge in [-0.05, 0) is 37.5 Å². The van der Waals surface area contributed by atoms with E-state index in [2.05, 4.69) is 11.4 Å². The van der Waals surface area contributed by atoms with Gasteiger partial charge in [0.2, 0.25) is 0 Å². The summed E-state index contributed by atoms with van der Waals surface area (Å²) in [4.78, 5) is 4.88. The molecule has 104 valence electrons. The van der Waals surface area contributed by atoms with Crippen LogP contribution in [0.15, 0.2) is 23.2 Å². The summed E-state index contributed by atoms with van der Waals surface area (Å²) < 4.78 is 5.42. The largest absolute Gasteiger partial charge is 0.381 e. The third-order valence-corrected chi connectivity index (χ3v) is 5.00. The van der Waals surface area contributed by atoms with Gasteiger partial charge >= 0.3 is 0 Å². The molecular formula is C15H17N3OS. The highest BCUT2D eigenvalue weighted by Crippen LogP contribution is 2.36. The van der Waals surface area contributed by atoms with Gasteiger partial charge in [-0.1, -0.05) is 17.8 Å². The lowest BCUT2D eigenvalue weighted by atomic mass is 9.93. The minimum Gasteiger partial charge on any atom is -0.381 e. The molecule has 5 heteroatoms. The molecule has 20 heavy (non-hydrogen) atoms. The summed E-state index contributed by atoms with van der Waals surface area (Å²) in [5, 5.41) is 13.3. The number of nitrogens with zero attached hydrogens (tertiary/aromatic N) is 2. The van der Waals surface area contributed by atoms with Crippen LogP contribution >= 0.6 is 11.8 Å². The summed E-state index contributed by atoms with van der Waals surface area (Å²) in [6.07, 6.45) is 2.00. The first-order valence-corrected chi connectivity index (χ1v) is 7.78. The highest BCUT2D eigenvalue weighted by Gasteiger charge is 2.37. The van der Waals surface area contributed by atoms with Gasteiger partial charge in [0.1, 0.15) is 0 Å². The van der Waals surface area contributed by atoms with Gasteiger partial charge in [0.05, 0.1) is 17.2 Å². The van der Waals surface area contributed by atoms with Crippen molar-refractivity contribution in [3.8, 4) is 6.07 Å². The Balaban J connectivity index is 1.79. The second-order valence-electron chi connectivity index (χ2n) is 5.31. The fraction of sp³-hybridized carbons (Fsp3) is 0.467. The van der Waals surface area contributed by atoms with Gasteiger partial charge in [0.15, 0.2) is 5.17 Å². The first kappa shape index (κ1) is 13.5. The van der Waals surface area contributed by atoms with Crippen molar-refractivity contribution in [3.05, 3.63) is 29.3 Å². The molecule has 0 bridgehead atoms. The van der Waals surface area contributed by atoms with E-state index in [1.165, 1.54) is 0 Å². The molecule has 2 aliphatic rings. The summed E-state index contributed by atoms with van der Waals surface area (Å²) in [5.41, 5.74) is 2.83. The zero-order valence-corrected chi connectivity index (χ0v) is 12.3. The van der Waals surface area contributed by atoms with E-state index in [0.29, 0.717) is 5.56 Å². The Bertz CT molecular complexity index is 585. The molecule has 1 spiro atoms. The van der Waals surface area contributed by atoms with Crippen molar-refractivity contribution >= 4 is 22.6 Å². The average molecular weight is 287 g/mol. The molecule has 0 unspecified atom stereocenters. The molecule has 0 aliphatic carbocycles. The van der Waals surface area contributed by atoms with Gasteiger partial charge in [-0.15, -0.1) is 0 Å². The predicted molar refractivity (Wildman–Crippen MR) is 82.2 cm³/mol. The lowest BCUT2D eigenvalue weighted by Gasteiger charge is -2.29. The fourth-order valence-corrected chi connectivity index (χ4v) is 3.69. The van der Waals surface area contributed by atoms with Crippen LogP contribution in [-0.2, 0) is 4.74 Å². The molecular weight excluding hydrogens is 270 g/mol. The van der Waals surface area contributed by atoms with E-state index in [9.17, 15) is 0 Å². The van der Waals surface area contributed by atoms with Crippen LogP contribution < -0.4 is 5.32 Å². The average Bonchev–Trinajstić information content (AvgIpc) is 2.84. The van der Waals surface area contributed by atoms with Gasteiger partial charge in [0.25, 0.3) is 0 Å². The number of rotatable bonds is 1. The zero-order valence-electron chi connectivity index (χ0n) is 11.5. The van der Waals surface area contributed by atoms with Crippen molar-refractivity contribution in [2.24, 2.45) is 4.99 Å². The Morgan fingerprint density at radius 2 is 2.20 bits per heavy atom. The van der Waals surface area contributed by atoms with Crippen molar-refractivity contribution < 1.29 is 4.74 Å². The van der Waals surface area contributed by atoms with Crippen molar-refractivity contribution in [2.45, 2.75) is 25.3 Å². The van der Waals surface area contributed by atoms with Gasteiger partial charge in [-0.25, -0.2) is 0 Å². The molecule has 0 aromatic heterocycles. The molecule has 4 nitrogen and oxygen atoms in total. The molecule has 0 amide bonds. The molecule has 2 aliphatic heterocycles. The van der Waals surface area contributed by atoms with E-state index in [-0.39, 0.29) is 5.54 Å². The van der Waals surface area contributed by atoms with E-state index < -0.39 is 0 Å². The molecule has 1 fully saturated rings. The molecule has 3 rings (SSSR count). The fourth-order valence-electron chi connectivity index (χ4n) is 2.50. The first-order valence-electron chi connectivity index (χ1n) is 6.79. The molecule has 1 saturated heterocycles. The zero-order chi connectivity index (χ0) is 14.0. The summed E-state index contributed by atoms with van der Waals surface area (Å²) >= 11 is 1.77. The molecule has 1 aromatic rings. The summed E-state index contributed by atoms with van der Waals surface area (Å²) in [7, 11) is 0. The number of anilines is 1. The van der Waals surface area contributed by atoms with Crippen LogP contribution in [0.1, 0.15) is 24.0 Å². The Morgan fingerprint density at radius 3 is 2.95 bits per heavy atom. The number of nitriles is 1. The van der Waals surface area contributed by atoms with E-state index in [4.69, 9.17) is 15.0 Å². The lowest BCUT2D eigenvalue weighted by Crippen LogP contribution is -2.34. The number of ether oxygens (including phenoxy) is 1. The lowest BCUT2D eigenvalue weighted by molar-refractivity contribution is 0.0624. The van der Waals surface area contributed by atoms with Crippen molar-refractivity contribution in [3.63, 3.8) is 0 Å². The number of amidine groups is 1. The van der Waals surface area contributed by atoms with Gasteiger partial charge < -0.3 is 10.1 Å². The van der Waals surface area contributed by atoms with Crippen LogP contribution in [0.3, 0.4) is 0 Å². The number of aliphatic imine (C=N–C) groups is 1. The Morgan fingerprint density at radius 1 is 1.40 bits per heavy atom. The summed E-state index contributed by atoms with van der Waals surface area (Å²) in [6.45, 7) is 3.65. The van der Waals surface area contributed by atoms with E-state index in [1.54, 1.807) is 11.8 Å². The van der Waals surface area contributed by atoms with E-state index in [0.717, 1.165) is 48.2 Å². The molecule has 1 aromatic carbocycles. The second kappa shape index (κ2) is 5.47. The van der Waals surface area contributed by atoms with Crippen LogP contribution in [-0.4, -0.2) is 29.7 Å². The second-order valence-corrected chi connectivity index (χ2v) is 6.27. The summed E-state index contributed by atoms with van der Waals surface area (Å²) in [6, 6.07) is 7.86. The van der Waals surface area contributed by atoms with Crippen molar-refractivity contribution in [1.82, 2.24) is 0 Å². The van der Waals surface area contributed by atoms with Gasteiger partial charge in [-0.3, -0.25) is 4.99 Å².